The second kappa shape index (κ2) is 14.1. The molecule has 0 saturated carbocycles. The van der Waals surface area contributed by atoms with Crippen LogP contribution in [0.1, 0.15) is 66.4 Å². The van der Waals surface area contributed by atoms with Crippen molar-refractivity contribution < 1.29 is 24.0 Å². The predicted octanol–water partition coefficient (Wildman–Crippen LogP) is 3.44. The molecule has 0 aliphatic rings. The Morgan fingerprint density at radius 1 is 1.12 bits per heavy atom. The number of methoxy groups -OCH3 is 1. The number of primary amides is 1. The molecule has 0 aromatic heterocycles. The molecule has 1 aromatic carbocycles. The molecule has 0 heterocycles. The first kappa shape index (κ1) is 29.6. The van der Waals surface area contributed by atoms with Crippen molar-refractivity contribution in [3.8, 4) is 0 Å². The number of amides is 3. The van der Waals surface area contributed by atoms with Crippen LogP contribution in [0.2, 0.25) is 0 Å². The largest absolute Gasteiger partial charge is 0.371 e. The fraction of sp³-hybridized carbons (Fsp3) is 0.654. The summed E-state index contributed by atoms with van der Waals surface area (Å²) in [4.78, 5) is 45.5. The molecule has 0 fully saturated rings. The highest BCUT2D eigenvalue weighted by molar-refractivity contribution is 5.92. The van der Waals surface area contributed by atoms with Crippen LogP contribution in [0.15, 0.2) is 30.3 Å². The van der Waals surface area contributed by atoms with Crippen LogP contribution in [0.3, 0.4) is 0 Å². The lowest BCUT2D eigenvalue weighted by Crippen LogP contribution is -2.58. The van der Waals surface area contributed by atoms with E-state index >= 15 is 0 Å². The molecule has 192 valence electrons. The minimum atomic E-state index is -1.14. The smallest absolute Gasteiger partial charge is 0.253 e. The molecule has 0 spiro atoms. The van der Waals surface area contributed by atoms with E-state index in [1.165, 1.54) is 7.11 Å². The van der Waals surface area contributed by atoms with Crippen LogP contribution in [-0.4, -0.2) is 48.6 Å². The van der Waals surface area contributed by atoms with Crippen LogP contribution in [0, 0.1) is 17.3 Å². The van der Waals surface area contributed by atoms with Crippen molar-refractivity contribution in [3.05, 3.63) is 35.9 Å². The maximum atomic E-state index is 14.0. The molecule has 3 atom stereocenters. The Labute approximate surface area is 204 Å². The Kier molecular flexibility index (Phi) is 12.2. The number of rotatable bonds is 14. The Morgan fingerprint density at radius 2 is 1.74 bits per heavy atom. The number of nitrogens with one attached hydrogen (secondary N) is 1. The first-order valence-electron chi connectivity index (χ1n) is 12.0. The van der Waals surface area contributed by atoms with E-state index < -0.39 is 35.3 Å². The molecule has 0 aliphatic heterocycles. The van der Waals surface area contributed by atoms with Gasteiger partial charge in [-0.2, -0.15) is 0 Å². The minimum absolute atomic E-state index is 0.0772. The van der Waals surface area contributed by atoms with E-state index in [2.05, 4.69) is 5.32 Å². The average Bonchev–Trinajstić information content (AvgIpc) is 2.75. The van der Waals surface area contributed by atoms with E-state index in [4.69, 9.17) is 15.3 Å². The van der Waals surface area contributed by atoms with Gasteiger partial charge in [0.2, 0.25) is 11.8 Å². The third-order valence-electron chi connectivity index (χ3n) is 5.51. The summed E-state index contributed by atoms with van der Waals surface area (Å²) >= 11 is 0. The fourth-order valence-corrected chi connectivity index (χ4v) is 3.82. The van der Waals surface area contributed by atoms with Crippen LogP contribution < -0.4 is 11.1 Å². The van der Waals surface area contributed by atoms with Gasteiger partial charge in [0.05, 0.1) is 5.92 Å². The van der Waals surface area contributed by atoms with E-state index in [1.54, 1.807) is 0 Å². The summed E-state index contributed by atoms with van der Waals surface area (Å²) in [6, 6.07) is 8.46. The quantitative estimate of drug-likeness (QED) is 0.315. The monoisotopic (exact) mass is 477 g/mol. The highest BCUT2D eigenvalue weighted by Crippen LogP contribution is 2.30. The maximum Gasteiger partial charge on any atom is 0.253 e. The van der Waals surface area contributed by atoms with Gasteiger partial charge in [-0.3, -0.25) is 19.2 Å². The highest BCUT2D eigenvalue weighted by Gasteiger charge is 2.45. The van der Waals surface area contributed by atoms with Crippen LogP contribution in [0.5, 0.6) is 0 Å². The Bertz CT molecular complexity index is 776. The van der Waals surface area contributed by atoms with Crippen molar-refractivity contribution >= 4 is 17.7 Å². The number of carbonyl (C=O) groups excluding carboxylic acids is 3. The number of carbonyl (C=O) groups is 3. The third kappa shape index (κ3) is 9.06. The van der Waals surface area contributed by atoms with Gasteiger partial charge >= 0.3 is 0 Å². The first-order chi connectivity index (χ1) is 15.9. The lowest BCUT2D eigenvalue weighted by atomic mass is 9.84. The molecule has 0 aliphatic carbocycles. The molecule has 0 saturated heterocycles. The van der Waals surface area contributed by atoms with Gasteiger partial charge in [-0.05, 0) is 29.7 Å². The SMILES string of the molecule is CCCCNC(=O)C(N(OCc1ccccc1)C(=O)[C@H](CC(C)C)[C@H](OC)C(N)=O)C(C)(C)C. The van der Waals surface area contributed by atoms with Gasteiger partial charge in [-0.25, -0.2) is 5.06 Å². The van der Waals surface area contributed by atoms with Crippen molar-refractivity contribution in [2.45, 2.75) is 79.6 Å². The standard InChI is InChI=1S/C26H43N3O5/c1-8-9-15-28-24(31)22(26(4,5)6)29(34-17-19-13-11-10-12-14-19)25(32)20(16-18(2)3)21(33-7)23(27)30/h10-14,18,20-22H,8-9,15-17H2,1-7H3,(H2,27,30)(H,28,31)/t20-,21+,22?/m1/s1. The Hall–Kier alpha value is -2.45. The molecule has 3 amide bonds. The van der Waals surface area contributed by atoms with E-state index in [1.807, 2.05) is 71.9 Å². The zero-order valence-corrected chi connectivity index (χ0v) is 21.8. The van der Waals surface area contributed by atoms with Crippen molar-refractivity contribution in [1.82, 2.24) is 10.4 Å². The average molecular weight is 478 g/mol. The summed E-state index contributed by atoms with van der Waals surface area (Å²) in [5.41, 5.74) is 5.77. The van der Waals surface area contributed by atoms with Crippen molar-refractivity contribution in [1.29, 1.82) is 0 Å². The molecular weight excluding hydrogens is 434 g/mol. The molecule has 34 heavy (non-hydrogen) atoms. The summed E-state index contributed by atoms with van der Waals surface area (Å²) in [6.07, 6.45) is 0.963. The lowest BCUT2D eigenvalue weighted by Gasteiger charge is -2.40. The van der Waals surface area contributed by atoms with Crippen molar-refractivity contribution in [2.24, 2.45) is 23.0 Å². The second-order valence-corrected chi connectivity index (χ2v) is 10.1. The van der Waals surface area contributed by atoms with Gasteiger partial charge in [0, 0.05) is 13.7 Å². The fourth-order valence-electron chi connectivity index (χ4n) is 3.82. The van der Waals surface area contributed by atoms with Gasteiger partial charge in [-0.1, -0.05) is 78.3 Å². The van der Waals surface area contributed by atoms with Crippen LogP contribution in [0.4, 0.5) is 0 Å². The maximum absolute atomic E-state index is 14.0. The first-order valence-corrected chi connectivity index (χ1v) is 12.0. The molecule has 8 heteroatoms. The van der Waals surface area contributed by atoms with Gasteiger partial charge < -0.3 is 15.8 Å². The third-order valence-corrected chi connectivity index (χ3v) is 5.51. The molecule has 0 radical (unpaired) electrons. The van der Waals surface area contributed by atoms with Gasteiger partial charge in [0.25, 0.3) is 5.91 Å². The number of nitrogens with two attached hydrogens (primary N) is 1. The van der Waals surface area contributed by atoms with Crippen LogP contribution in [-0.2, 0) is 30.6 Å². The molecule has 1 unspecified atom stereocenters. The summed E-state index contributed by atoms with van der Waals surface area (Å²) < 4.78 is 5.34. The molecule has 3 N–H and O–H groups in total. The van der Waals surface area contributed by atoms with Crippen LogP contribution in [0.25, 0.3) is 0 Å². The minimum Gasteiger partial charge on any atom is -0.371 e. The zero-order chi connectivity index (χ0) is 25.9. The topological polar surface area (TPSA) is 111 Å². The molecule has 0 bridgehead atoms. The van der Waals surface area contributed by atoms with Gasteiger partial charge in [0.1, 0.15) is 18.8 Å². The van der Waals surface area contributed by atoms with E-state index in [0.717, 1.165) is 23.5 Å². The number of nitrogens with zero attached hydrogens (tertiary/aromatic N) is 1. The van der Waals surface area contributed by atoms with Crippen LogP contribution >= 0.6 is 0 Å². The summed E-state index contributed by atoms with van der Waals surface area (Å²) in [5, 5.41) is 4.08. The number of benzene rings is 1. The normalized spacial score (nSPS) is 14.4. The van der Waals surface area contributed by atoms with E-state index in [9.17, 15) is 14.4 Å². The Balaban J connectivity index is 3.44. The molecule has 8 nitrogen and oxygen atoms in total. The number of hydrogen-bond donors (Lipinski definition) is 2. The number of ether oxygens (including phenoxy) is 1. The molecule has 1 aromatic rings. The number of unbranched alkanes of at least 4 members (excludes halogenated alkanes) is 1. The highest BCUT2D eigenvalue weighted by atomic mass is 16.7. The van der Waals surface area contributed by atoms with Gasteiger partial charge in [-0.15, -0.1) is 0 Å². The zero-order valence-electron chi connectivity index (χ0n) is 21.8. The number of hydrogen-bond acceptors (Lipinski definition) is 5. The summed E-state index contributed by atoms with van der Waals surface area (Å²) in [5.74, 6) is -2.36. The number of hydroxylamine groups is 2. The molecular formula is C26H43N3O5. The summed E-state index contributed by atoms with van der Waals surface area (Å²) in [7, 11) is 1.35. The van der Waals surface area contributed by atoms with E-state index in [0.29, 0.717) is 13.0 Å². The van der Waals surface area contributed by atoms with Gasteiger partial charge in [0.15, 0.2) is 0 Å². The summed E-state index contributed by atoms with van der Waals surface area (Å²) in [6.45, 7) is 12.2. The second-order valence-electron chi connectivity index (χ2n) is 10.1. The molecule has 1 rings (SSSR count). The Morgan fingerprint density at radius 3 is 2.21 bits per heavy atom. The van der Waals surface area contributed by atoms with Crippen molar-refractivity contribution in [2.75, 3.05) is 13.7 Å². The van der Waals surface area contributed by atoms with Crippen molar-refractivity contribution in [3.63, 3.8) is 0 Å². The predicted molar refractivity (Wildman–Crippen MR) is 132 cm³/mol. The van der Waals surface area contributed by atoms with E-state index in [-0.39, 0.29) is 18.4 Å². The lowest BCUT2D eigenvalue weighted by molar-refractivity contribution is -0.224.